The van der Waals surface area contributed by atoms with Crippen LogP contribution in [0.5, 0.6) is 0 Å². The molecule has 0 aliphatic rings. The predicted molar refractivity (Wildman–Crippen MR) is 91.5 cm³/mol. The van der Waals surface area contributed by atoms with Crippen LogP contribution in [0.15, 0.2) is 0 Å². The molecule has 0 aromatic carbocycles. The largest absolute Gasteiger partial charge is 0.465 e. The average molecular weight is 299 g/mol. The maximum atomic E-state index is 12.7. The van der Waals surface area contributed by atoms with E-state index in [4.69, 9.17) is 4.74 Å². The smallest absolute Gasteiger partial charge is 0.312 e. The lowest BCUT2D eigenvalue weighted by Gasteiger charge is -2.32. The first-order valence-electron chi connectivity index (χ1n) is 9.34. The van der Waals surface area contributed by atoms with Crippen LogP contribution in [-0.4, -0.2) is 12.6 Å². The van der Waals surface area contributed by atoms with Crippen molar-refractivity contribution >= 4 is 5.97 Å². The summed E-state index contributed by atoms with van der Waals surface area (Å²) in [5.41, 5.74) is -0.199. The number of unbranched alkanes of at least 4 members (excludes halogenated alkanes) is 5. The summed E-state index contributed by atoms with van der Waals surface area (Å²) >= 11 is 0. The summed E-state index contributed by atoms with van der Waals surface area (Å²) in [5.74, 6) is 0.0916. The molecule has 0 amide bonds. The molecule has 2 nitrogen and oxygen atoms in total. The number of carbonyl (C=O) groups is 1. The van der Waals surface area contributed by atoms with Gasteiger partial charge >= 0.3 is 5.97 Å². The molecule has 0 rings (SSSR count). The number of esters is 1. The van der Waals surface area contributed by atoms with Crippen LogP contribution in [0.3, 0.4) is 0 Å². The summed E-state index contributed by atoms with van der Waals surface area (Å²) in [6, 6.07) is 0. The Balaban J connectivity index is 4.79. The molecule has 0 aromatic heterocycles. The number of hydrogen-bond donors (Lipinski definition) is 0. The van der Waals surface area contributed by atoms with E-state index in [1.54, 1.807) is 0 Å². The fraction of sp³-hybridized carbons (Fsp3) is 0.947. The van der Waals surface area contributed by atoms with Crippen LogP contribution >= 0.6 is 0 Å². The first-order chi connectivity index (χ1) is 10.2. The number of hydrogen-bond acceptors (Lipinski definition) is 2. The van der Waals surface area contributed by atoms with Gasteiger partial charge in [0.05, 0.1) is 12.0 Å². The molecule has 0 atom stereocenters. The van der Waals surface area contributed by atoms with Gasteiger partial charge in [-0.05, 0) is 25.7 Å². The van der Waals surface area contributed by atoms with E-state index in [9.17, 15) is 4.79 Å². The van der Waals surface area contributed by atoms with Gasteiger partial charge < -0.3 is 4.74 Å². The molecule has 21 heavy (non-hydrogen) atoms. The Labute approximate surface area is 133 Å². The zero-order chi connectivity index (χ0) is 16.0. The van der Waals surface area contributed by atoms with Gasteiger partial charge in [-0.3, -0.25) is 4.79 Å². The second kappa shape index (κ2) is 13.2. The van der Waals surface area contributed by atoms with Crippen molar-refractivity contribution in [3.63, 3.8) is 0 Å². The van der Waals surface area contributed by atoms with Crippen LogP contribution in [0, 0.1) is 5.41 Å². The van der Waals surface area contributed by atoms with E-state index in [1.165, 1.54) is 12.8 Å². The van der Waals surface area contributed by atoms with Crippen LogP contribution in [0.2, 0.25) is 0 Å². The van der Waals surface area contributed by atoms with Crippen molar-refractivity contribution in [3.05, 3.63) is 0 Å². The lowest BCUT2D eigenvalue weighted by molar-refractivity contribution is -0.158. The molecule has 0 heterocycles. The van der Waals surface area contributed by atoms with Crippen molar-refractivity contribution in [2.24, 2.45) is 5.41 Å². The van der Waals surface area contributed by atoms with Crippen molar-refractivity contribution in [3.8, 4) is 0 Å². The highest BCUT2D eigenvalue weighted by Crippen LogP contribution is 2.38. The molecule has 0 bridgehead atoms. The molecule has 0 aliphatic carbocycles. The molecular weight excluding hydrogens is 260 g/mol. The Morgan fingerprint density at radius 3 is 1.67 bits per heavy atom. The zero-order valence-corrected chi connectivity index (χ0v) is 15.0. The van der Waals surface area contributed by atoms with E-state index in [-0.39, 0.29) is 11.4 Å². The summed E-state index contributed by atoms with van der Waals surface area (Å²) in [5, 5.41) is 0. The Morgan fingerprint density at radius 1 is 0.714 bits per heavy atom. The standard InChI is InChI=1S/C19H38O2/c1-5-9-13-16-19(14-10-6-2,15-11-7-3)18(20)21-17-12-8-4/h5-17H2,1-4H3. The van der Waals surface area contributed by atoms with Crippen LogP contribution in [0.4, 0.5) is 0 Å². The van der Waals surface area contributed by atoms with Crippen molar-refractivity contribution in [2.75, 3.05) is 6.61 Å². The fourth-order valence-electron chi connectivity index (χ4n) is 2.89. The van der Waals surface area contributed by atoms with Crippen molar-refractivity contribution in [1.29, 1.82) is 0 Å². The Kier molecular flexibility index (Phi) is 12.8. The first-order valence-corrected chi connectivity index (χ1v) is 9.34. The summed E-state index contributed by atoms with van der Waals surface area (Å²) < 4.78 is 5.63. The van der Waals surface area contributed by atoms with E-state index in [0.29, 0.717) is 6.61 Å². The molecule has 0 N–H and O–H groups in total. The van der Waals surface area contributed by atoms with E-state index in [2.05, 4.69) is 27.7 Å². The maximum Gasteiger partial charge on any atom is 0.312 e. The third-order valence-corrected chi connectivity index (χ3v) is 4.44. The SMILES string of the molecule is CCCCCC(CCCC)(CCCC)C(=O)OCCCC. The van der Waals surface area contributed by atoms with Crippen molar-refractivity contribution < 1.29 is 9.53 Å². The number of carbonyl (C=O) groups excluding carboxylic acids is 1. The van der Waals surface area contributed by atoms with Gasteiger partial charge in [0.25, 0.3) is 0 Å². The molecule has 126 valence electrons. The Hall–Kier alpha value is -0.530. The molecule has 0 saturated carbocycles. The molecule has 0 radical (unpaired) electrons. The third kappa shape index (κ3) is 8.48. The average Bonchev–Trinajstić information content (AvgIpc) is 2.50. The normalized spacial score (nSPS) is 11.6. The van der Waals surface area contributed by atoms with Gasteiger partial charge in [-0.25, -0.2) is 0 Å². The summed E-state index contributed by atoms with van der Waals surface area (Å²) in [6.07, 6.45) is 13.3. The van der Waals surface area contributed by atoms with E-state index < -0.39 is 0 Å². The maximum absolute atomic E-state index is 12.7. The first kappa shape index (κ1) is 20.5. The minimum atomic E-state index is -0.199. The molecule has 0 unspecified atom stereocenters. The van der Waals surface area contributed by atoms with Crippen molar-refractivity contribution in [2.45, 2.75) is 105 Å². The van der Waals surface area contributed by atoms with E-state index in [0.717, 1.165) is 64.2 Å². The summed E-state index contributed by atoms with van der Waals surface area (Å²) in [4.78, 5) is 12.7. The predicted octanol–water partition coefficient (Wildman–Crippen LogP) is 6.28. The molecular formula is C19H38O2. The van der Waals surface area contributed by atoms with Crippen LogP contribution in [0.25, 0.3) is 0 Å². The summed E-state index contributed by atoms with van der Waals surface area (Å²) in [6.45, 7) is 9.37. The van der Waals surface area contributed by atoms with Crippen LogP contribution in [-0.2, 0) is 9.53 Å². The van der Waals surface area contributed by atoms with Gasteiger partial charge in [-0.2, -0.15) is 0 Å². The number of ether oxygens (including phenoxy) is 1. The van der Waals surface area contributed by atoms with E-state index in [1.807, 2.05) is 0 Å². The van der Waals surface area contributed by atoms with E-state index >= 15 is 0 Å². The van der Waals surface area contributed by atoms with Gasteiger partial charge in [0, 0.05) is 0 Å². The van der Waals surface area contributed by atoms with Gasteiger partial charge in [0.15, 0.2) is 0 Å². The lowest BCUT2D eigenvalue weighted by Crippen LogP contribution is -2.33. The van der Waals surface area contributed by atoms with Crippen LogP contribution in [0.1, 0.15) is 105 Å². The Morgan fingerprint density at radius 2 is 1.19 bits per heavy atom. The molecule has 0 aromatic rings. The number of rotatable bonds is 14. The topological polar surface area (TPSA) is 26.3 Å². The monoisotopic (exact) mass is 298 g/mol. The van der Waals surface area contributed by atoms with Gasteiger partial charge in [-0.1, -0.05) is 79.1 Å². The summed E-state index contributed by atoms with van der Waals surface area (Å²) in [7, 11) is 0. The zero-order valence-electron chi connectivity index (χ0n) is 15.0. The molecule has 0 fully saturated rings. The fourth-order valence-corrected chi connectivity index (χ4v) is 2.89. The molecule has 2 heteroatoms. The van der Waals surface area contributed by atoms with Gasteiger partial charge in [-0.15, -0.1) is 0 Å². The third-order valence-electron chi connectivity index (χ3n) is 4.44. The second-order valence-corrected chi connectivity index (χ2v) is 6.43. The van der Waals surface area contributed by atoms with Crippen molar-refractivity contribution in [1.82, 2.24) is 0 Å². The molecule has 0 spiro atoms. The Bertz CT molecular complexity index is 240. The minimum Gasteiger partial charge on any atom is -0.465 e. The quantitative estimate of drug-likeness (QED) is 0.279. The highest BCUT2D eigenvalue weighted by atomic mass is 16.5. The molecule has 0 aliphatic heterocycles. The lowest BCUT2D eigenvalue weighted by atomic mass is 9.74. The van der Waals surface area contributed by atoms with Gasteiger partial charge in [0.2, 0.25) is 0 Å². The highest BCUT2D eigenvalue weighted by Gasteiger charge is 2.37. The minimum absolute atomic E-state index is 0.0916. The highest BCUT2D eigenvalue weighted by molar-refractivity contribution is 5.76. The van der Waals surface area contributed by atoms with Gasteiger partial charge in [0.1, 0.15) is 0 Å². The van der Waals surface area contributed by atoms with Crippen LogP contribution < -0.4 is 0 Å². The molecule has 0 saturated heterocycles. The second-order valence-electron chi connectivity index (χ2n) is 6.43.